The first-order valence-electron chi connectivity index (χ1n) is 8.10. The van der Waals surface area contributed by atoms with Gasteiger partial charge in [0.25, 0.3) is 0 Å². The standard InChI is InChI=1S/C22H16ClNO/c1-24-19-14-8-6-12-17(19)20(22(25)15-9-3-2-4-10-15)21(24)16-11-5-7-13-18(16)23/h2-14H,1H3. The van der Waals surface area contributed by atoms with Crippen LogP contribution in [0.4, 0.5) is 0 Å². The molecule has 25 heavy (non-hydrogen) atoms. The van der Waals surface area contributed by atoms with E-state index in [1.807, 2.05) is 90.5 Å². The van der Waals surface area contributed by atoms with Gasteiger partial charge in [-0.1, -0.05) is 78.3 Å². The van der Waals surface area contributed by atoms with Crippen LogP contribution in [0, 0.1) is 0 Å². The van der Waals surface area contributed by atoms with Crippen molar-refractivity contribution in [1.29, 1.82) is 0 Å². The van der Waals surface area contributed by atoms with Crippen molar-refractivity contribution in [3.05, 3.63) is 95.0 Å². The van der Waals surface area contributed by atoms with Gasteiger partial charge in [-0.05, 0) is 12.1 Å². The smallest absolute Gasteiger partial charge is 0.195 e. The average molecular weight is 346 g/mol. The molecular weight excluding hydrogens is 330 g/mol. The van der Waals surface area contributed by atoms with E-state index in [0.29, 0.717) is 16.1 Å². The van der Waals surface area contributed by atoms with Crippen molar-refractivity contribution in [2.24, 2.45) is 7.05 Å². The predicted molar refractivity (Wildman–Crippen MR) is 103 cm³/mol. The highest BCUT2D eigenvalue weighted by Crippen LogP contribution is 2.37. The van der Waals surface area contributed by atoms with Gasteiger partial charge in [-0.3, -0.25) is 4.79 Å². The molecule has 0 spiro atoms. The Morgan fingerprint density at radius 1 is 0.840 bits per heavy atom. The van der Waals surface area contributed by atoms with E-state index in [-0.39, 0.29) is 5.78 Å². The topological polar surface area (TPSA) is 22.0 Å². The van der Waals surface area contributed by atoms with Crippen LogP contribution in [0.1, 0.15) is 15.9 Å². The molecular formula is C22H16ClNO. The molecule has 0 aliphatic heterocycles. The lowest BCUT2D eigenvalue weighted by molar-refractivity contribution is 0.104. The van der Waals surface area contributed by atoms with Gasteiger partial charge in [-0.2, -0.15) is 0 Å². The van der Waals surface area contributed by atoms with Crippen molar-refractivity contribution >= 4 is 28.3 Å². The van der Waals surface area contributed by atoms with Crippen LogP contribution in [-0.2, 0) is 7.05 Å². The zero-order valence-electron chi connectivity index (χ0n) is 13.7. The molecule has 3 aromatic carbocycles. The number of hydrogen-bond acceptors (Lipinski definition) is 1. The van der Waals surface area contributed by atoms with Crippen LogP contribution in [0.25, 0.3) is 22.2 Å². The van der Waals surface area contributed by atoms with Gasteiger partial charge in [0.15, 0.2) is 5.78 Å². The quantitative estimate of drug-likeness (QED) is 0.434. The lowest BCUT2D eigenvalue weighted by atomic mass is 9.97. The molecule has 1 heterocycles. The number of fused-ring (bicyclic) bond motifs is 1. The Morgan fingerprint density at radius 3 is 2.24 bits per heavy atom. The SMILES string of the molecule is Cn1c(-c2ccccc2Cl)c(C(=O)c2ccccc2)c2ccccc21. The molecule has 0 saturated heterocycles. The second-order valence-electron chi connectivity index (χ2n) is 5.97. The van der Waals surface area contributed by atoms with Crippen LogP contribution in [0.3, 0.4) is 0 Å². The van der Waals surface area contributed by atoms with Crippen LogP contribution in [0.2, 0.25) is 5.02 Å². The molecule has 0 aliphatic rings. The number of nitrogens with zero attached hydrogens (tertiary/aromatic N) is 1. The van der Waals surface area contributed by atoms with E-state index in [1.165, 1.54) is 0 Å². The van der Waals surface area contributed by atoms with Gasteiger partial charge in [0, 0.05) is 34.1 Å². The maximum absolute atomic E-state index is 13.3. The Hall–Kier alpha value is -2.84. The van der Waals surface area contributed by atoms with E-state index in [0.717, 1.165) is 22.2 Å². The second-order valence-corrected chi connectivity index (χ2v) is 6.38. The van der Waals surface area contributed by atoms with E-state index < -0.39 is 0 Å². The minimum atomic E-state index is 0.00678. The van der Waals surface area contributed by atoms with Crippen molar-refractivity contribution in [2.75, 3.05) is 0 Å². The van der Waals surface area contributed by atoms with Crippen molar-refractivity contribution in [3.63, 3.8) is 0 Å². The third-order valence-electron chi connectivity index (χ3n) is 4.50. The van der Waals surface area contributed by atoms with E-state index in [9.17, 15) is 4.79 Å². The van der Waals surface area contributed by atoms with E-state index in [2.05, 4.69) is 0 Å². The fourth-order valence-electron chi connectivity index (χ4n) is 3.33. The number of halogens is 1. The Balaban J connectivity index is 2.08. The summed E-state index contributed by atoms with van der Waals surface area (Å²) >= 11 is 6.46. The molecule has 3 heteroatoms. The van der Waals surface area contributed by atoms with Crippen molar-refractivity contribution in [1.82, 2.24) is 4.57 Å². The summed E-state index contributed by atoms with van der Waals surface area (Å²) in [6.45, 7) is 0. The molecule has 1 aromatic heterocycles. The summed E-state index contributed by atoms with van der Waals surface area (Å²) in [5, 5.41) is 1.57. The molecule has 0 unspecified atom stereocenters. The van der Waals surface area contributed by atoms with Gasteiger partial charge >= 0.3 is 0 Å². The Labute approximate surface area is 151 Å². The zero-order valence-corrected chi connectivity index (χ0v) is 14.5. The van der Waals surface area contributed by atoms with Gasteiger partial charge in [0.2, 0.25) is 0 Å². The third kappa shape index (κ3) is 2.55. The summed E-state index contributed by atoms with van der Waals surface area (Å²) < 4.78 is 2.05. The summed E-state index contributed by atoms with van der Waals surface area (Å²) in [5.74, 6) is 0.00678. The van der Waals surface area contributed by atoms with Crippen molar-refractivity contribution < 1.29 is 4.79 Å². The minimum absolute atomic E-state index is 0.00678. The summed E-state index contributed by atoms with van der Waals surface area (Å²) in [6, 6.07) is 25.0. The summed E-state index contributed by atoms with van der Waals surface area (Å²) in [4.78, 5) is 13.3. The number of hydrogen-bond donors (Lipinski definition) is 0. The number of rotatable bonds is 3. The van der Waals surface area contributed by atoms with Gasteiger partial charge in [0.1, 0.15) is 0 Å². The first-order chi connectivity index (χ1) is 12.2. The largest absolute Gasteiger partial charge is 0.343 e. The number of para-hydroxylation sites is 1. The number of aryl methyl sites for hydroxylation is 1. The summed E-state index contributed by atoms with van der Waals surface area (Å²) in [7, 11) is 1.97. The maximum atomic E-state index is 13.3. The number of benzene rings is 3. The van der Waals surface area contributed by atoms with Crippen LogP contribution >= 0.6 is 11.6 Å². The lowest BCUT2D eigenvalue weighted by Crippen LogP contribution is -2.04. The fourth-order valence-corrected chi connectivity index (χ4v) is 3.55. The number of carbonyl (C=O) groups excluding carboxylic acids is 1. The van der Waals surface area contributed by atoms with Crippen molar-refractivity contribution in [2.45, 2.75) is 0 Å². The molecule has 0 fully saturated rings. The van der Waals surface area contributed by atoms with Gasteiger partial charge in [0.05, 0.1) is 11.3 Å². The van der Waals surface area contributed by atoms with Crippen LogP contribution in [0.5, 0.6) is 0 Å². The molecule has 2 nitrogen and oxygen atoms in total. The summed E-state index contributed by atoms with van der Waals surface area (Å²) in [5.41, 5.74) is 4.09. The number of aromatic nitrogens is 1. The molecule has 0 amide bonds. The molecule has 122 valence electrons. The fraction of sp³-hybridized carbons (Fsp3) is 0.0455. The van der Waals surface area contributed by atoms with Gasteiger partial charge in [-0.25, -0.2) is 0 Å². The summed E-state index contributed by atoms with van der Waals surface area (Å²) in [6.07, 6.45) is 0. The second kappa shape index (κ2) is 6.23. The van der Waals surface area contributed by atoms with Gasteiger partial charge in [-0.15, -0.1) is 0 Å². The molecule has 0 saturated carbocycles. The number of carbonyl (C=O) groups is 1. The van der Waals surface area contributed by atoms with E-state index in [1.54, 1.807) is 0 Å². The first-order valence-corrected chi connectivity index (χ1v) is 8.48. The first kappa shape index (κ1) is 15.7. The highest BCUT2D eigenvalue weighted by molar-refractivity contribution is 6.34. The lowest BCUT2D eigenvalue weighted by Gasteiger charge is -2.10. The highest BCUT2D eigenvalue weighted by Gasteiger charge is 2.24. The van der Waals surface area contributed by atoms with E-state index >= 15 is 0 Å². The van der Waals surface area contributed by atoms with Gasteiger partial charge < -0.3 is 4.57 Å². The normalized spacial score (nSPS) is 11.0. The minimum Gasteiger partial charge on any atom is -0.343 e. The molecule has 0 bridgehead atoms. The molecule has 0 atom stereocenters. The molecule has 4 rings (SSSR count). The average Bonchev–Trinajstić information content (AvgIpc) is 2.95. The molecule has 0 N–H and O–H groups in total. The molecule has 4 aromatic rings. The zero-order chi connectivity index (χ0) is 17.4. The highest BCUT2D eigenvalue weighted by atomic mass is 35.5. The molecule has 0 radical (unpaired) electrons. The van der Waals surface area contributed by atoms with Crippen LogP contribution < -0.4 is 0 Å². The molecule has 0 aliphatic carbocycles. The van der Waals surface area contributed by atoms with Crippen LogP contribution in [-0.4, -0.2) is 10.4 Å². The Morgan fingerprint density at radius 2 is 1.48 bits per heavy atom. The van der Waals surface area contributed by atoms with E-state index in [4.69, 9.17) is 11.6 Å². The monoisotopic (exact) mass is 345 g/mol. The van der Waals surface area contributed by atoms with Crippen LogP contribution in [0.15, 0.2) is 78.9 Å². The predicted octanol–water partition coefficient (Wildman–Crippen LogP) is 5.73. The number of ketones is 1. The third-order valence-corrected chi connectivity index (χ3v) is 4.83. The Bertz CT molecular complexity index is 1080. The van der Waals surface area contributed by atoms with Crippen molar-refractivity contribution in [3.8, 4) is 11.3 Å². The maximum Gasteiger partial charge on any atom is 0.195 e. The Kier molecular flexibility index (Phi) is 3.90.